The third-order valence-corrected chi connectivity index (χ3v) is 6.99. The van der Waals surface area contributed by atoms with Gasteiger partial charge in [0.1, 0.15) is 12.4 Å². The van der Waals surface area contributed by atoms with Gasteiger partial charge in [-0.3, -0.25) is 14.3 Å². The third-order valence-electron chi connectivity index (χ3n) is 6.99. The largest absolute Gasteiger partial charge is 0.341 e. The molecule has 2 saturated heterocycles. The molecule has 3 heterocycles. The Balaban J connectivity index is 1.35. The average Bonchev–Trinajstić information content (AvgIpc) is 3.11. The van der Waals surface area contributed by atoms with E-state index < -0.39 is 0 Å². The molecular formula is C25H33FN4O2. The molecule has 172 valence electrons. The molecule has 7 heteroatoms. The zero-order chi connectivity index (χ0) is 22.7. The van der Waals surface area contributed by atoms with Crippen LogP contribution in [-0.4, -0.2) is 57.1 Å². The first-order valence-corrected chi connectivity index (χ1v) is 11.7. The molecule has 0 radical (unpaired) electrons. The van der Waals surface area contributed by atoms with Crippen molar-refractivity contribution in [2.24, 2.45) is 5.92 Å². The van der Waals surface area contributed by atoms with Crippen molar-refractivity contribution in [2.75, 3.05) is 19.6 Å². The van der Waals surface area contributed by atoms with Gasteiger partial charge in [-0.05, 0) is 69.6 Å². The summed E-state index contributed by atoms with van der Waals surface area (Å²) in [6, 6.07) is 8.70. The van der Waals surface area contributed by atoms with Gasteiger partial charge in [0.25, 0.3) is 0 Å². The lowest BCUT2D eigenvalue weighted by molar-refractivity contribution is -0.138. The predicted octanol–water partition coefficient (Wildman–Crippen LogP) is 3.50. The Morgan fingerprint density at radius 2 is 1.78 bits per heavy atom. The van der Waals surface area contributed by atoms with Crippen LogP contribution in [0.4, 0.5) is 4.39 Å². The van der Waals surface area contributed by atoms with Gasteiger partial charge in [-0.1, -0.05) is 18.2 Å². The molecule has 0 spiro atoms. The van der Waals surface area contributed by atoms with Gasteiger partial charge in [-0.15, -0.1) is 0 Å². The molecule has 32 heavy (non-hydrogen) atoms. The topological polar surface area (TPSA) is 58.4 Å². The van der Waals surface area contributed by atoms with E-state index >= 15 is 0 Å². The Kier molecular flexibility index (Phi) is 6.92. The number of aromatic nitrogens is 2. The van der Waals surface area contributed by atoms with Gasteiger partial charge in [0.05, 0.1) is 12.1 Å². The highest BCUT2D eigenvalue weighted by atomic mass is 19.1. The third kappa shape index (κ3) is 5.03. The lowest BCUT2D eigenvalue weighted by Crippen LogP contribution is -2.51. The van der Waals surface area contributed by atoms with E-state index in [1.54, 1.807) is 22.9 Å². The van der Waals surface area contributed by atoms with Crippen LogP contribution in [0, 0.1) is 25.6 Å². The summed E-state index contributed by atoms with van der Waals surface area (Å²) in [5.74, 6) is 0.190. The second kappa shape index (κ2) is 9.84. The molecule has 2 fully saturated rings. The monoisotopic (exact) mass is 440 g/mol. The summed E-state index contributed by atoms with van der Waals surface area (Å²) in [7, 11) is 0. The fourth-order valence-electron chi connectivity index (χ4n) is 5.26. The van der Waals surface area contributed by atoms with Crippen molar-refractivity contribution in [3.8, 4) is 0 Å². The van der Waals surface area contributed by atoms with Crippen molar-refractivity contribution in [1.29, 1.82) is 0 Å². The molecule has 4 rings (SSSR count). The average molecular weight is 441 g/mol. The number of carbonyl (C=O) groups is 2. The first kappa shape index (κ1) is 22.5. The number of amides is 2. The molecule has 2 aliphatic rings. The Morgan fingerprint density at radius 3 is 2.47 bits per heavy atom. The molecule has 2 amide bonds. The van der Waals surface area contributed by atoms with Crippen LogP contribution in [0.2, 0.25) is 0 Å². The molecular weight excluding hydrogens is 407 g/mol. The summed E-state index contributed by atoms with van der Waals surface area (Å²) in [6.45, 7) is 6.36. The molecule has 0 unspecified atom stereocenters. The van der Waals surface area contributed by atoms with Crippen LogP contribution < -0.4 is 0 Å². The van der Waals surface area contributed by atoms with E-state index in [1.807, 2.05) is 29.7 Å². The minimum absolute atomic E-state index is 0.0165. The van der Waals surface area contributed by atoms with Gasteiger partial charge in [-0.2, -0.15) is 5.10 Å². The molecule has 0 aliphatic carbocycles. The summed E-state index contributed by atoms with van der Waals surface area (Å²) >= 11 is 0. The van der Waals surface area contributed by atoms with Gasteiger partial charge in [-0.25, -0.2) is 4.39 Å². The Morgan fingerprint density at radius 1 is 1.03 bits per heavy atom. The van der Waals surface area contributed by atoms with Crippen molar-refractivity contribution < 1.29 is 14.0 Å². The van der Waals surface area contributed by atoms with Crippen LogP contribution in [0.15, 0.2) is 30.3 Å². The number of likely N-dealkylation sites (tertiary alicyclic amines) is 2. The normalized spacial score (nSPS) is 19.9. The first-order valence-electron chi connectivity index (χ1n) is 11.7. The van der Waals surface area contributed by atoms with Crippen molar-refractivity contribution in [3.05, 3.63) is 53.1 Å². The Hall–Kier alpha value is -2.70. The van der Waals surface area contributed by atoms with Crippen LogP contribution in [0.3, 0.4) is 0 Å². The molecule has 0 saturated carbocycles. The van der Waals surface area contributed by atoms with Gasteiger partial charge < -0.3 is 9.80 Å². The number of halogens is 1. The van der Waals surface area contributed by atoms with Gasteiger partial charge >= 0.3 is 0 Å². The Bertz CT molecular complexity index is 965. The second-order valence-corrected chi connectivity index (χ2v) is 9.22. The quantitative estimate of drug-likeness (QED) is 0.715. The van der Waals surface area contributed by atoms with Crippen LogP contribution >= 0.6 is 0 Å². The maximum Gasteiger partial charge on any atom is 0.244 e. The van der Waals surface area contributed by atoms with Crippen LogP contribution in [0.25, 0.3) is 0 Å². The van der Waals surface area contributed by atoms with Crippen LogP contribution in [0.1, 0.15) is 49.1 Å². The van der Waals surface area contributed by atoms with E-state index in [0.29, 0.717) is 24.6 Å². The molecule has 0 N–H and O–H groups in total. The van der Waals surface area contributed by atoms with Crippen molar-refractivity contribution in [2.45, 2.75) is 65.0 Å². The molecule has 2 aromatic rings. The molecule has 2 aliphatic heterocycles. The SMILES string of the molecule is Cc1cc(C)n(CC(=O)N2CCC([C@@H]3CCCCN3C(=O)Cc3ccccc3F)CC2)n1. The summed E-state index contributed by atoms with van der Waals surface area (Å²) in [4.78, 5) is 29.8. The number of piperidine rings is 2. The van der Waals surface area contributed by atoms with Gasteiger partial charge in [0.2, 0.25) is 11.8 Å². The van der Waals surface area contributed by atoms with E-state index in [2.05, 4.69) is 5.10 Å². The van der Waals surface area contributed by atoms with E-state index in [4.69, 9.17) is 0 Å². The molecule has 6 nitrogen and oxygen atoms in total. The second-order valence-electron chi connectivity index (χ2n) is 9.22. The van der Waals surface area contributed by atoms with E-state index in [1.165, 1.54) is 6.07 Å². The molecule has 1 atom stereocenters. The minimum Gasteiger partial charge on any atom is -0.341 e. The lowest BCUT2D eigenvalue weighted by atomic mass is 9.83. The highest BCUT2D eigenvalue weighted by Crippen LogP contribution is 2.31. The zero-order valence-corrected chi connectivity index (χ0v) is 19.1. The van der Waals surface area contributed by atoms with Crippen LogP contribution in [0.5, 0.6) is 0 Å². The van der Waals surface area contributed by atoms with Crippen LogP contribution in [-0.2, 0) is 22.6 Å². The molecule has 1 aromatic heterocycles. The fraction of sp³-hybridized carbons (Fsp3) is 0.560. The fourth-order valence-corrected chi connectivity index (χ4v) is 5.26. The number of rotatable bonds is 5. The minimum atomic E-state index is -0.316. The summed E-state index contributed by atoms with van der Waals surface area (Å²) in [5.41, 5.74) is 2.38. The van der Waals surface area contributed by atoms with Gasteiger partial charge in [0.15, 0.2) is 0 Å². The summed E-state index contributed by atoms with van der Waals surface area (Å²) in [5, 5.41) is 4.40. The van der Waals surface area contributed by atoms with E-state index in [0.717, 1.165) is 50.0 Å². The van der Waals surface area contributed by atoms with Crippen molar-refractivity contribution in [3.63, 3.8) is 0 Å². The van der Waals surface area contributed by atoms with E-state index in [-0.39, 0.29) is 36.6 Å². The highest BCUT2D eigenvalue weighted by molar-refractivity contribution is 5.79. The number of aryl methyl sites for hydroxylation is 2. The number of benzene rings is 1. The van der Waals surface area contributed by atoms with E-state index in [9.17, 15) is 14.0 Å². The van der Waals surface area contributed by atoms with Gasteiger partial charge in [0, 0.05) is 31.4 Å². The standard InChI is InChI=1S/C25H33FN4O2/c1-18-15-19(2)30(27-18)17-25(32)28-13-10-20(11-14-28)23-9-5-6-12-29(23)24(31)16-21-7-3-4-8-22(21)26/h3-4,7-8,15,20,23H,5-6,9-14,16-17H2,1-2H3/t23-/m0/s1. The number of hydrogen-bond donors (Lipinski definition) is 0. The summed E-state index contributed by atoms with van der Waals surface area (Å²) < 4.78 is 15.8. The lowest BCUT2D eigenvalue weighted by Gasteiger charge is -2.44. The van der Waals surface area contributed by atoms with Crippen molar-refractivity contribution in [1.82, 2.24) is 19.6 Å². The van der Waals surface area contributed by atoms with Crippen molar-refractivity contribution >= 4 is 11.8 Å². The maximum atomic E-state index is 14.1. The number of hydrogen-bond acceptors (Lipinski definition) is 3. The highest BCUT2D eigenvalue weighted by Gasteiger charge is 2.35. The molecule has 0 bridgehead atoms. The molecule has 1 aromatic carbocycles. The summed E-state index contributed by atoms with van der Waals surface area (Å²) in [6.07, 6.45) is 5.02. The zero-order valence-electron chi connectivity index (χ0n) is 19.1. The predicted molar refractivity (Wildman–Crippen MR) is 120 cm³/mol. The smallest absolute Gasteiger partial charge is 0.244 e. The first-order chi connectivity index (χ1) is 15.4. The number of carbonyl (C=O) groups excluding carboxylic acids is 2. The number of nitrogens with zero attached hydrogens (tertiary/aromatic N) is 4. The Labute approximate surface area is 189 Å². The maximum absolute atomic E-state index is 14.1.